The van der Waals surface area contributed by atoms with Gasteiger partial charge in [0.25, 0.3) is 11.8 Å². The zero-order valence-electron chi connectivity index (χ0n) is 22.7. The van der Waals surface area contributed by atoms with Gasteiger partial charge >= 0.3 is 12.1 Å². The standard InChI is InChI=1S/C27H24ClF5N8O2/c1-14-4-3-7-34-23(14)41-20(10-18(38-41)12-40-13-21(37-39-40)26(29,30)27(31,32)33)25(43)36-22-15(2)8-17(28)9-19(22)24(42)35-11-16-5-6-16/h3-4,7-10,13,16H,5-6,11-12H2,1-2H3,(H,35,42)(H,36,43). The first-order valence-electron chi connectivity index (χ1n) is 13.0. The fraction of sp³-hybridized carbons (Fsp3) is 0.333. The van der Waals surface area contributed by atoms with Crippen molar-refractivity contribution in [1.29, 1.82) is 0 Å². The van der Waals surface area contributed by atoms with Gasteiger partial charge in [0, 0.05) is 17.8 Å². The van der Waals surface area contributed by atoms with Crippen LogP contribution in [0.5, 0.6) is 0 Å². The topological polar surface area (TPSA) is 120 Å². The average Bonchev–Trinajstić information content (AvgIpc) is 3.48. The van der Waals surface area contributed by atoms with Crippen LogP contribution >= 0.6 is 11.6 Å². The minimum absolute atomic E-state index is 0.0588. The number of carbonyl (C=O) groups excluding carboxylic acids is 2. The van der Waals surface area contributed by atoms with Gasteiger partial charge in [-0.25, -0.2) is 14.3 Å². The van der Waals surface area contributed by atoms with Crippen LogP contribution in [0, 0.1) is 19.8 Å². The molecule has 4 aromatic rings. The third-order valence-corrected chi connectivity index (χ3v) is 6.97. The molecule has 16 heteroatoms. The van der Waals surface area contributed by atoms with Crippen LogP contribution in [-0.2, 0) is 12.5 Å². The van der Waals surface area contributed by atoms with Crippen molar-refractivity contribution in [2.75, 3.05) is 11.9 Å². The molecule has 3 heterocycles. The van der Waals surface area contributed by atoms with Crippen molar-refractivity contribution in [2.45, 2.75) is 45.3 Å². The van der Waals surface area contributed by atoms with Gasteiger partial charge in [0.1, 0.15) is 5.69 Å². The van der Waals surface area contributed by atoms with Crippen LogP contribution < -0.4 is 10.6 Å². The molecule has 1 fully saturated rings. The summed E-state index contributed by atoms with van der Waals surface area (Å²) in [5.41, 5.74) is -0.0530. The quantitative estimate of drug-likeness (QED) is 0.247. The van der Waals surface area contributed by atoms with E-state index in [9.17, 15) is 31.5 Å². The summed E-state index contributed by atoms with van der Waals surface area (Å²) >= 11 is 6.21. The number of amides is 2. The maximum Gasteiger partial charge on any atom is 0.459 e. The lowest BCUT2D eigenvalue weighted by Gasteiger charge is -2.16. The molecule has 43 heavy (non-hydrogen) atoms. The summed E-state index contributed by atoms with van der Waals surface area (Å²) < 4.78 is 67.8. The van der Waals surface area contributed by atoms with Gasteiger partial charge in [0.05, 0.1) is 29.7 Å². The van der Waals surface area contributed by atoms with Gasteiger partial charge in [-0.05, 0) is 68.0 Å². The first-order chi connectivity index (χ1) is 20.2. The predicted octanol–water partition coefficient (Wildman–Crippen LogP) is 5.22. The van der Waals surface area contributed by atoms with Crippen molar-refractivity contribution in [2.24, 2.45) is 5.92 Å². The molecule has 10 nitrogen and oxygen atoms in total. The molecule has 0 atom stereocenters. The van der Waals surface area contributed by atoms with Crippen LogP contribution in [0.2, 0.25) is 5.02 Å². The molecule has 0 aliphatic heterocycles. The van der Waals surface area contributed by atoms with E-state index in [2.05, 4.69) is 31.0 Å². The molecule has 0 bridgehead atoms. The van der Waals surface area contributed by atoms with E-state index >= 15 is 0 Å². The molecule has 0 unspecified atom stereocenters. The first kappa shape index (κ1) is 30.1. The number of anilines is 1. The van der Waals surface area contributed by atoms with E-state index in [1.807, 2.05) is 0 Å². The fourth-order valence-corrected chi connectivity index (χ4v) is 4.55. The Kier molecular flexibility index (Phi) is 7.94. The van der Waals surface area contributed by atoms with Gasteiger partial charge in [-0.15, -0.1) is 5.10 Å². The number of nitrogens with zero attached hydrogens (tertiary/aromatic N) is 6. The Hall–Kier alpha value is -4.40. The third kappa shape index (κ3) is 6.35. The van der Waals surface area contributed by atoms with Gasteiger partial charge in [-0.2, -0.15) is 27.1 Å². The van der Waals surface area contributed by atoms with Crippen molar-refractivity contribution in [3.63, 3.8) is 0 Å². The number of benzene rings is 1. The molecule has 5 rings (SSSR count). The number of aryl methyl sites for hydroxylation is 2. The number of alkyl halides is 5. The van der Waals surface area contributed by atoms with E-state index in [-0.39, 0.29) is 28.5 Å². The molecule has 2 N–H and O–H groups in total. The van der Waals surface area contributed by atoms with E-state index in [0.29, 0.717) is 34.8 Å². The van der Waals surface area contributed by atoms with Crippen molar-refractivity contribution in [3.8, 4) is 5.82 Å². The van der Waals surface area contributed by atoms with Crippen molar-refractivity contribution < 1.29 is 31.5 Å². The monoisotopic (exact) mass is 622 g/mol. The lowest BCUT2D eigenvalue weighted by molar-refractivity contribution is -0.291. The normalized spacial score (nSPS) is 13.7. The van der Waals surface area contributed by atoms with Crippen LogP contribution in [0.25, 0.3) is 5.82 Å². The first-order valence-corrected chi connectivity index (χ1v) is 13.4. The molecule has 3 aromatic heterocycles. The number of pyridine rings is 1. The Labute approximate surface area is 246 Å². The second kappa shape index (κ2) is 11.4. The number of hydrogen-bond acceptors (Lipinski definition) is 6. The number of halogens is 6. The molecule has 0 spiro atoms. The lowest BCUT2D eigenvalue weighted by atomic mass is 10.1. The molecule has 1 saturated carbocycles. The molecule has 0 saturated heterocycles. The molecule has 226 valence electrons. The van der Waals surface area contributed by atoms with Gasteiger partial charge in [0.2, 0.25) is 0 Å². The highest BCUT2D eigenvalue weighted by Gasteiger charge is 2.60. The highest BCUT2D eigenvalue weighted by molar-refractivity contribution is 6.31. The minimum atomic E-state index is -5.86. The molecular formula is C27H24ClF5N8O2. The Morgan fingerprint density at radius 3 is 2.49 bits per heavy atom. The van der Waals surface area contributed by atoms with Crippen LogP contribution in [0.4, 0.5) is 27.6 Å². The molecule has 1 aromatic carbocycles. The number of rotatable bonds is 9. The summed E-state index contributed by atoms with van der Waals surface area (Å²) in [6.45, 7) is 3.49. The average molecular weight is 623 g/mol. The predicted molar refractivity (Wildman–Crippen MR) is 144 cm³/mol. The smallest absolute Gasteiger partial charge is 0.352 e. The second-order valence-corrected chi connectivity index (χ2v) is 10.6. The Balaban J connectivity index is 1.48. The number of nitrogens with one attached hydrogen (secondary N) is 2. The van der Waals surface area contributed by atoms with Crippen molar-refractivity contribution >= 4 is 29.1 Å². The zero-order chi connectivity index (χ0) is 31.1. The summed E-state index contributed by atoms with van der Waals surface area (Å²) in [5.74, 6) is -5.65. The largest absolute Gasteiger partial charge is 0.459 e. The Bertz CT molecular complexity index is 1700. The minimum Gasteiger partial charge on any atom is -0.352 e. The number of carbonyl (C=O) groups is 2. The van der Waals surface area contributed by atoms with Gasteiger partial charge in [-0.3, -0.25) is 9.59 Å². The molecule has 1 aliphatic rings. The van der Waals surface area contributed by atoms with Gasteiger partial charge in [-0.1, -0.05) is 22.9 Å². The summed E-state index contributed by atoms with van der Waals surface area (Å²) in [7, 11) is 0. The molecule has 0 radical (unpaired) electrons. The SMILES string of the molecule is Cc1cccnc1-n1nc(Cn2cc(C(F)(F)C(F)(F)F)nn2)cc1C(=O)Nc1c(C)cc(Cl)cc1C(=O)NCC1CC1. The number of aromatic nitrogens is 6. The Morgan fingerprint density at radius 2 is 1.81 bits per heavy atom. The third-order valence-electron chi connectivity index (χ3n) is 6.75. The van der Waals surface area contributed by atoms with Crippen LogP contribution in [0.3, 0.4) is 0 Å². The van der Waals surface area contributed by atoms with Crippen molar-refractivity contribution in [1.82, 2.24) is 35.1 Å². The molecular weight excluding hydrogens is 599 g/mol. The maximum absolute atomic E-state index is 13.7. The number of hydrogen-bond donors (Lipinski definition) is 2. The fourth-order valence-electron chi connectivity index (χ4n) is 4.28. The van der Waals surface area contributed by atoms with Crippen LogP contribution in [0.1, 0.15) is 56.2 Å². The molecule has 1 aliphatic carbocycles. The summed E-state index contributed by atoms with van der Waals surface area (Å²) in [4.78, 5) is 31.0. The van der Waals surface area contributed by atoms with E-state index in [1.165, 1.54) is 23.0 Å². The lowest BCUT2D eigenvalue weighted by Crippen LogP contribution is -2.34. The molecule has 2 amide bonds. The maximum atomic E-state index is 13.7. The highest BCUT2D eigenvalue weighted by atomic mass is 35.5. The Morgan fingerprint density at radius 1 is 1.07 bits per heavy atom. The second-order valence-electron chi connectivity index (χ2n) is 10.2. The van der Waals surface area contributed by atoms with E-state index in [1.54, 1.807) is 32.0 Å². The van der Waals surface area contributed by atoms with Gasteiger partial charge < -0.3 is 10.6 Å². The zero-order valence-corrected chi connectivity index (χ0v) is 23.5. The highest BCUT2D eigenvalue weighted by Crippen LogP contribution is 2.42. The summed E-state index contributed by atoms with van der Waals surface area (Å²) in [5, 5.41) is 16.6. The summed E-state index contributed by atoms with van der Waals surface area (Å²) in [6, 6.07) is 7.73. The van der Waals surface area contributed by atoms with E-state index in [0.717, 1.165) is 17.5 Å². The summed E-state index contributed by atoms with van der Waals surface area (Å²) in [6.07, 6.45) is -1.87. The van der Waals surface area contributed by atoms with Gasteiger partial charge in [0.15, 0.2) is 11.5 Å². The van der Waals surface area contributed by atoms with Crippen LogP contribution in [0.15, 0.2) is 42.7 Å². The van der Waals surface area contributed by atoms with Crippen molar-refractivity contribution in [3.05, 3.63) is 81.5 Å². The van der Waals surface area contributed by atoms with E-state index < -0.39 is 36.2 Å². The van der Waals surface area contributed by atoms with E-state index in [4.69, 9.17) is 11.6 Å². The van der Waals surface area contributed by atoms with Crippen LogP contribution in [-0.4, -0.2) is 54.3 Å².